The molecule has 7 heteroatoms. The van der Waals surface area contributed by atoms with E-state index in [1.165, 1.54) is 0 Å². The summed E-state index contributed by atoms with van der Waals surface area (Å²) in [4.78, 5) is 11.5. The molecule has 0 saturated carbocycles. The summed E-state index contributed by atoms with van der Waals surface area (Å²) >= 11 is 0. The van der Waals surface area contributed by atoms with Gasteiger partial charge in [-0.1, -0.05) is 32.0 Å². The number of para-hydroxylation sites is 1. The maximum absolute atomic E-state index is 11.5. The molecule has 0 unspecified atom stereocenters. The Hall–Kier alpha value is -2.83. The van der Waals surface area contributed by atoms with Crippen molar-refractivity contribution in [2.75, 3.05) is 11.9 Å². The highest BCUT2D eigenvalue weighted by Gasteiger charge is 2.04. The standard InChI is InChI=1S/C15H17N5O2/c1-11(2)14-19-17-13(18-20-14)9-6-10-22-15(21)16-12-7-4-3-5-8-12/h3-9,11H,10H2,1-2H3,(H,16,21)/b9-6+. The van der Waals surface area contributed by atoms with Gasteiger partial charge in [0.1, 0.15) is 6.61 Å². The zero-order valence-corrected chi connectivity index (χ0v) is 12.4. The van der Waals surface area contributed by atoms with E-state index >= 15 is 0 Å². The van der Waals surface area contributed by atoms with Crippen LogP contribution in [0, 0.1) is 0 Å². The number of anilines is 1. The molecule has 0 aliphatic carbocycles. The van der Waals surface area contributed by atoms with Gasteiger partial charge in [-0.25, -0.2) is 4.79 Å². The molecule has 1 amide bonds. The third kappa shape index (κ3) is 4.93. The van der Waals surface area contributed by atoms with Crippen molar-refractivity contribution >= 4 is 17.9 Å². The fraction of sp³-hybridized carbons (Fsp3) is 0.267. The highest BCUT2D eigenvalue weighted by molar-refractivity contribution is 5.84. The second-order valence-corrected chi connectivity index (χ2v) is 4.76. The molecule has 0 fully saturated rings. The topological polar surface area (TPSA) is 89.9 Å². The van der Waals surface area contributed by atoms with Gasteiger partial charge >= 0.3 is 6.09 Å². The van der Waals surface area contributed by atoms with Gasteiger partial charge in [-0.15, -0.1) is 20.4 Å². The Morgan fingerprint density at radius 3 is 2.50 bits per heavy atom. The van der Waals surface area contributed by atoms with Crippen LogP contribution in [0.15, 0.2) is 36.4 Å². The third-order valence-electron chi connectivity index (χ3n) is 2.62. The first-order valence-corrected chi connectivity index (χ1v) is 6.88. The number of nitrogens with one attached hydrogen (secondary N) is 1. The van der Waals surface area contributed by atoms with Crippen LogP contribution in [0.25, 0.3) is 6.08 Å². The van der Waals surface area contributed by atoms with E-state index in [0.717, 1.165) is 0 Å². The lowest BCUT2D eigenvalue weighted by Gasteiger charge is -2.04. The largest absolute Gasteiger partial charge is 0.445 e. The van der Waals surface area contributed by atoms with Crippen LogP contribution >= 0.6 is 0 Å². The van der Waals surface area contributed by atoms with Gasteiger partial charge < -0.3 is 4.74 Å². The number of carbonyl (C=O) groups excluding carboxylic acids is 1. The van der Waals surface area contributed by atoms with E-state index in [2.05, 4.69) is 25.7 Å². The van der Waals surface area contributed by atoms with Crippen molar-refractivity contribution in [3.8, 4) is 0 Å². The Bertz CT molecular complexity index is 626. The van der Waals surface area contributed by atoms with Gasteiger partial charge in [0.05, 0.1) is 0 Å². The fourth-order valence-electron chi connectivity index (χ4n) is 1.50. The number of hydrogen-bond donors (Lipinski definition) is 1. The molecule has 0 saturated heterocycles. The summed E-state index contributed by atoms with van der Waals surface area (Å²) in [6.45, 7) is 4.04. The number of aromatic nitrogens is 4. The Kier molecular flexibility index (Phi) is 5.53. The van der Waals surface area contributed by atoms with Crippen molar-refractivity contribution in [1.82, 2.24) is 20.4 Å². The Labute approximate surface area is 128 Å². The number of rotatable bonds is 5. The van der Waals surface area contributed by atoms with Gasteiger partial charge in [0.15, 0.2) is 11.6 Å². The zero-order chi connectivity index (χ0) is 15.8. The number of hydrogen-bond acceptors (Lipinski definition) is 6. The highest BCUT2D eigenvalue weighted by Crippen LogP contribution is 2.06. The number of amides is 1. The van der Waals surface area contributed by atoms with Gasteiger partial charge in [0.25, 0.3) is 0 Å². The van der Waals surface area contributed by atoms with Crippen LogP contribution in [0.1, 0.15) is 31.4 Å². The average molecular weight is 299 g/mol. The Morgan fingerprint density at radius 1 is 1.18 bits per heavy atom. The molecule has 1 heterocycles. The smallest absolute Gasteiger partial charge is 0.411 e. The molecule has 2 aromatic rings. The van der Waals surface area contributed by atoms with Gasteiger partial charge in [-0.3, -0.25) is 5.32 Å². The molecule has 0 bridgehead atoms. The first-order chi connectivity index (χ1) is 10.6. The van der Waals surface area contributed by atoms with Crippen molar-refractivity contribution < 1.29 is 9.53 Å². The summed E-state index contributed by atoms with van der Waals surface area (Å²) in [5.41, 5.74) is 0.678. The summed E-state index contributed by atoms with van der Waals surface area (Å²) in [5, 5.41) is 18.4. The Morgan fingerprint density at radius 2 is 1.86 bits per heavy atom. The van der Waals surface area contributed by atoms with Crippen LogP contribution in [-0.2, 0) is 4.74 Å². The van der Waals surface area contributed by atoms with Gasteiger partial charge in [-0.2, -0.15) is 0 Å². The first kappa shape index (κ1) is 15.6. The van der Waals surface area contributed by atoms with Gasteiger partial charge in [0, 0.05) is 11.6 Å². The van der Waals surface area contributed by atoms with Crippen molar-refractivity contribution in [2.45, 2.75) is 19.8 Å². The highest BCUT2D eigenvalue weighted by atomic mass is 16.5. The predicted molar refractivity (Wildman–Crippen MR) is 82.2 cm³/mol. The van der Waals surface area contributed by atoms with Crippen LogP contribution in [-0.4, -0.2) is 33.1 Å². The van der Waals surface area contributed by atoms with E-state index in [1.54, 1.807) is 24.3 Å². The van der Waals surface area contributed by atoms with E-state index in [9.17, 15) is 4.79 Å². The molecular formula is C15H17N5O2. The number of ether oxygens (including phenoxy) is 1. The van der Waals surface area contributed by atoms with E-state index < -0.39 is 6.09 Å². The lowest BCUT2D eigenvalue weighted by molar-refractivity contribution is 0.174. The van der Waals surface area contributed by atoms with Crippen LogP contribution in [0.2, 0.25) is 0 Å². The molecule has 1 aromatic carbocycles. The molecule has 0 radical (unpaired) electrons. The Balaban J connectivity index is 1.76. The average Bonchev–Trinajstić information content (AvgIpc) is 2.53. The predicted octanol–water partition coefficient (Wildman–Crippen LogP) is 2.65. The lowest BCUT2D eigenvalue weighted by Crippen LogP contribution is -2.13. The molecule has 1 N–H and O–H groups in total. The molecule has 0 aliphatic heterocycles. The van der Waals surface area contributed by atoms with Crippen LogP contribution in [0.5, 0.6) is 0 Å². The van der Waals surface area contributed by atoms with Gasteiger partial charge in [0.2, 0.25) is 0 Å². The molecule has 0 aliphatic rings. The number of nitrogens with zero attached hydrogens (tertiary/aromatic N) is 4. The number of benzene rings is 1. The van der Waals surface area contributed by atoms with E-state index in [4.69, 9.17) is 4.74 Å². The fourth-order valence-corrected chi connectivity index (χ4v) is 1.50. The molecule has 114 valence electrons. The number of carbonyl (C=O) groups is 1. The lowest BCUT2D eigenvalue weighted by atomic mass is 10.2. The minimum atomic E-state index is -0.525. The minimum absolute atomic E-state index is 0.105. The quantitative estimate of drug-likeness (QED) is 0.912. The monoisotopic (exact) mass is 299 g/mol. The van der Waals surface area contributed by atoms with E-state index in [-0.39, 0.29) is 12.5 Å². The SMILES string of the molecule is CC(C)c1nnc(/C=C/COC(=O)Nc2ccccc2)nn1. The summed E-state index contributed by atoms with van der Waals surface area (Å²) < 4.78 is 5.00. The minimum Gasteiger partial charge on any atom is -0.445 e. The maximum Gasteiger partial charge on any atom is 0.411 e. The molecule has 2 rings (SSSR count). The summed E-state index contributed by atoms with van der Waals surface area (Å²) in [5.74, 6) is 1.15. The molecule has 0 spiro atoms. The normalized spacial score (nSPS) is 10.9. The second kappa shape index (κ2) is 7.82. The van der Waals surface area contributed by atoms with Gasteiger partial charge in [-0.05, 0) is 24.3 Å². The molecule has 22 heavy (non-hydrogen) atoms. The second-order valence-electron chi connectivity index (χ2n) is 4.76. The van der Waals surface area contributed by atoms with E-state index in [1.807, 2.05) is 32.0 Å². The maximum atomic E-state index is 11.5. The third-order valence-corrected chi connectivity index (χ3v) is 2.62. The van der Waals surface area contributed by atoms with Crippen molar-refractivity contribution in [3.05, 3.63) is 48.1 Å². The molecular weight excluding hydrogens is 282 g/mol. The first-order valence-electron chi connectivity index (χ1n) is 6.88. The van der Waals surface area contributed by atoms with E-state index in [0.29, 0.717) is 17.3 Å². The molecule has 1 aromatic heterocycles. The van der Waals surface area contributed by atoms with Crippen LogP contribution < -0.4 is 5.32 Å². The van der Waals surface area contributed by atoms with Crippen molar-refractivity contribution in [3.63, 3.8) is 0 Å². The molecule has 0 atom stereocenters. The summed E-state index contributed by atoms with van der Waals surface area (Å²) in [6, 6.07) is 9.07. The van der Waals surface area contributed by atoms with Crippen LogP contribution in [0.3, 0.4) is 0 Å². The van der Waals surface area contributed by atoms with Crippen molar-refractivity contribution in [2.24, 2.45) is 0 Å². The van der Waals surface area contributed by atoms with Crippen molar-refractivity contribution in [1.29, 1.82) is 0 Å². The zero-order valence-electron chi connectivity index (χ0n) is 12.4. The molecule has 7 nitrogen and oxygen atoms in total. The summed E-state index contributed by atoms with van der Waals surface area (Å²) in [7, 11) is 0. The van der Waals surface area contributed by atoms with Crippen LogP contribution in [0.4, 0.5) is 10.5 Å². The summed E-state index contributed by atoms with van der Waals surface area (Å²) in [6.07, 6.45) is 2.70.